The second-order valence-electron chi connectivity index (χ2n) is 3.50. The van der Waals surface area contributed by atoms with Gasteiger partial charge in [0.05, 0.1) is 0 Å². The van der Waals surface area contributed by atoms with Gasteiger partial charge in [-0.1, -0.05) is 0 Å². The molecule has 0 radical (unpaired) electrons. The van der Waals surface area contributed by atoms with Crippen LogP contribution in [0.3, 0.4) is 0 Å². The molecule has 0 bridgehead atoms. The van der Waals surface area contributed by atoms with E-state index in [4.69, 9.17) is 5.73 Å². The Hall–Kier alpha value is -1.13. The lowest BCUT2D eigenvalue weighted by atomic mass is 10.1. The summed E-state index contributed by atoms with van der Waals surface area (Å²) in [5, 5.41) is 4.16. The van der Waals surface area contributed by atoms with Crippen LogP contribution in [0, 0.1) is 0 Å². The van der Waals surface area contributed by atoms with Crippen molar-refractivity contribution in [3.8, 4) is 0 Å². The van der Waals surface area contributed by atoms with E-state index in [0.717, 1.165) is 18.8 Å². The van der Waals surface area contributed by atoms with E-state index < -0.39 is 0 Å². The Morgan fingerprint density at radius 3 is 3.13 bits per heavy atom. The largest absolute Gasteiger partial charge is 0.335 e. The zero-order valence-electron chi connectivity index (χ0n) is 8.76. The number of thiophene rings is 1. The minimum atomic E-state index is 0.0592. The fourth-order valence-electron chi connectivity index (χ4n) is 1.62. The van der Waals surface area contributed by atoms with Gasteiger partial charge in [-0.25, -0.2) is 4.98 Å². The van der Waals surface area contributed by atoms with Gasteiger partial charge in [-0.3, -0.25) is 0 Å². The number of aromatic nitrogens is 2. The molecule has 2 aromatic rings. The van der Waals surface area contributed by atoms with Crippen molar-refractivity contribution in [3.63, 3.8) is 0 Å². The highest BCUT2D eigenvalue weighted by atomic mass is 32.1. The molecule has 2 heterocycles. The summed E-state index contributed by atoms with van der Waals surface area (Å²) in [5.41, 5.74) is 7.31. The van der Waals surface area contributed by atoms with E-state index >= 15 is 0 Å². The first-order chi connectivity index (χ1) is 7.31. The van der Waals surface area contributed by atoms with Crippen molar-refractivity contribution < 1.29 is 0 Å². The van der Waals surface area contributed by atoms with E-state index in [1.165, 1.54) is 5.56 Å². The molecule has 15 heavy (non-hydrogen) atoms. The Morgan fingerprint density at radius 1 is 1.60 bits per heavy atom. The molecule has 0 saturated carbocycles. The Labute approximate surface area is 93.6 Å². The van der Waals surface area contributed by atoms with Crippen LogP contribution in [0.1, 0.15) is 24.4 Å². The van der Waals surface area contributed by atoms with E-state index in [-0.39, 0.29) is 6.04 Å². The topological polar surface area (TPSA) is 43.8 Å². The number of hydrogen-bond acceptors (Lipinski definition) is 3. The molecule has 0 fully saturated rings. The first-order valence-electron chi connectivity index (χ1n) is 5.09. The highest BCUT2D eigenvalue weighted by Crippen LogP contribution is 2.17. The van der Waals surface area contributed by atoms with E-state index in [0.29, 0.717) is 0 Å². The van der Waals surface area contributed by atoms with Crippen molar-refractivity contribution >= 4 is 11.3 Å². The Kier molecular flexibility index (Phi) is 3.18. The normalized spacial score (nSPS) is 12.9. The third-order valence-electron chi connectivity index (χ3n) is 2.52. The molecule has 1 atom stereocenters. The summed E-state index contributed by atoms with van der Waals surface area (Å²) in [6, 6.07) is 2.14. The van der Waals surface area contributed by atoms with E-state index in [1.807, 2.05) is 12.4 Å². The highest BCUT2D eigenvalue weighted by molar-refractivity contribution is 7.07. The highest BCUT2D eigenvalue weighted by Gasteiger charge is 2.10. The summed E-state index contributed by atoms with van der Waals surface area (Å²) in [6.45, 7) is 3.06. The first-order valence-corrected chi connectivity index (χ1v) is 6.03. The van der Waals surface area contributed by atoms with E-state index in [2.05, 4.69) is 33.3 Å². The molecular formula is C11H15N3S. The van der Waals surface area contributed by atoms with Crippen LogP contribution >= 0.6 is 11.3 Å². The summed E-state index contributed by atoms with van der Waals surface area (Å²) >= 11 is 1.68. The van der Waals surface area contributed by atoms with E-state index in [9.17, 15) is 0 Å². The molecule has 3 nitrogen and oxygen atoms in total. The standard InChI is InChI=1S/C11H15N3S/c1-2-14-5-4-13-11(14)7-10(12)9-3-6-15-8-9/h3-6,8,10H,2,7,12H2,1H3. The van der Waals surface area contributed by atoms with Crippen LogP contribution in [-0.2, 0) is 13.0 Å². The Balaban J connectivity index is 2.09. The maximum Gasteiger partial charge on any atom is 0.110 e. The minimum Gasteiger partial charge on any atom is -0.335 e. The molecule has 0 spiro atoms. The summed E-state index contributed by atoms with van der Waals surface area (Å²) in [6.07, 6.45) is 4.63. The predicted molar refractivity (Wildman–Crippen MR) is 62.9 cm³/mol. The molecule has 2 N–H and O–H groups in total. The molecule has 0 aliphatic heterocycles. The van der Waals surface area contributed by atoms with Crippen LogP contribution in [0.4, 0.5) is 0 Å². The summed E-state index contributed by atoms with van der Waals surface area (Å²) in [7, 11) is 0. The van der Waals surface area contributed by atoms with E-state index in [1.54, 1.807) is 11.3 Å². The van der Waals surface area contributed by atoms with Gasteiger partial charge < -0.3 is 10.3 Å². The van der Waals surface area contributed by atoms with Crippen LogP contribution < -0.4 is 5.73 Å². The molecule has 0 aliphatic rings. The lowest BCUT2D eigenvalue weighted by Crippen LogP contribution is -2.15. The molecule has 4 heteroatoms. The van der Waals surface area contributed by atoms with Crippen molar-refractivity contribution in [2.24, 2.45) is 5.73 Å². The molecule has 2 rings (SSSR count). The minimum absolute atomic E-state index is 0.0592. The third-order valence-corrected chi connectivity index (χ3v) is 3.22. The molecule has 0 aliphatic carbocycles. The zero-order valence-corrected chi connectivity index (χ0v) is 9.57. The van der Waals surface area contributed by atoms with Gasteiger partial charge in [0.2, 0.25) is 0 Å². The Morgan fingerprint density at radius 2 is 2.47 bits per heavy atom. The van der Waals surface area contributed by atoms with Gasteiger partial charge in [0, 0.05) is 31.4 Å². The molecule has 80 valence electrons. The molecule has 1 unspecified atom stereocenters. The fourth-order valence-corrected chi connectivity index (χ4v) is 2.34. The number of nitrogens with two attached hydrogens (primary N) is 1. The Bertz CT molecular complexity index is 405. The van der Waals surface area contributed by atoms with Gasteiger partial charge in [-0.15, -0.1) is 0 Å². The number of aryl methyl sites for hydroxylation is 1. The van der Waals surface area contributed by atoms with Gasteiger partial charge in [0.1, 0.15) is 5.82 Å². The number of rotatable bonds is 4. The summed E-state index contributed by atoms with van der Waals surface area (Å²) in [5.74, 6) is 1.07. The monoisotopic (exact) mass is 221 g/mol. The van der Waals surface area contributed by atoms with Gasteiger partial charge in [-0.2, -0.15) is 11.3 Å². The van der Waals surface area contributed by atoms with Crippen LogP contribution in [0.25, 0.3) is 0 Å². The first kappa shape index (κ1) is 10.4. The van der Waals surface area contributed by atoms with Crippen molar-refractivity contribution in [1.82, 2.24) is 9.55 Å². The van der Waals surface area contributed by atoms with Crippen LogP contribution in [0.15, 0.2) is 29.2 Å². The smallest absolute Gasteiger partial charge is 0.110 e. The van der Waals surface area contributed by atoms with Crippen LogP contribution in [0.2, 0.25) is 0 Å². The van der Waals surface area contributed by atoms with Crippen molar-refractivity contribution in [1.29, 1.82) is 0 Å². The second-order valence-corrected chi connectivity index (χ2v) is 4.28. The third kappa shape index (κ3) is 2.27. The summed E-state index contributed by atoms with van der Waals surface area (Å²) < 4.78 is 2.13. The van der Waals surface area contributed by atoms with Crippen LogP contribution in [-0.4, -0.2) is 9.55 Å². The van der Waals surface area contributed by atoms with Crippen molar-refractivity contribution in [2.75, 3.05) is 0 Å². The average molecular weight is 221 g/mol. The van der Waals surface area contributed by atoms with Gasteiger partial charge in [0.15, 0.2) is 0 Å². The number of imidazole rings is 1. The molecule has 0 aromatic carbocycles. The molecular weight excluding hydrogens is 206 g/mol. The average Bonchev–Trinajstić information content (AvgIpc) is 2.87. The van der Waals surface area contributed by atoms with Gasteiger partial charge in [-0.05, 0) is 29.3 Å². The summed E-state index contributed by atoms with van der Waals surface area (Å²) in [4.78, 5) is 4.32. The molecule has 2 aromatic heterocycles. The zero-order chi connectivity index (χ0) is 10.7. The maximum atomic E-state index is 6.11. The van der Waals surface area contributed by atoms with Gasteiger partial charge >= 0.3 is 0 Å². The second kappa shape index (κ2) is 4.59. The predicted octanol–water partition coefficient (Wildman–Crippen LogP) is 2.21. The molecule has 0 amide bonds. The lowest BCUT2D eigenvalue weighted by molar-refractivity contribution is 0.629. The SMILES string of the molecule is CCn1ccnc1CC(N)c1ccsc1. The van der Waals surface area contributed by atoms with Crippen molar-refractivity contribution in [2.45, 2.75) is 25.9 Å². The quantitative estimate of drug-likeness (QED) is 0.860. The number of hydrogen-bond donors (Lipinski definition) is 1. The lowest BCUT2D eigenvalue weighted by Gasteiger charge is -2.10. The fraction of sp³-hybridized carbons (Fsp3) is 0.364. The number of nitrogens with zero attached hydrogens (tertiary/aromatic N) is 2. The van der Waals surface area contributed by atoms with Crippen LogP contribution in [0.5, 0.6) is 0 Å². The van der Waals surface area contributed by atoms with Gasteiger partial charge in [0.25, 0.3) is 0 Å². The van der Waals surface area contributed by atoms with Crippen molar-refractivity contribution in [3.05, 3.63) is 40.6 Å². The maximum absolute atomic E-state index is 6.11. The molecule has 0 saturated heterocycles.